The number of carbonyl (C=O) groups excluding carboxylic acids is 2. The molecule has 0 saturated heterocycles. The highest BCUT2D eigenvalue weighted by molar-refractivity contribution is 6.31. The second-order valence-electron chi connectivity index (χ2n) is 3.93. The molecule has 2 aromatic rings. The van der Waals surface area contributed by atoms with Gasteiger partial charge in [-0.25, -0.2) is 15.0 Å². The number of guanidine groups is 1. The zero-order valence-corrected chi connectivity index (χ0v) is 12.8. The molecule has 0 aliphatic heterocycles. The first-order chi connectivity index (χ1) is 11.2. The average molecular weight is 353 g/mol. The van der Waals surface area contributed by atoms with Crippen molar-refractivity contribution in [2.75, 3.05) is 11.5 Å². The minimum atomic E-state index is -0.832. The first-order valence-electron chi connectivity index (χ1n) is 6.00. The van der Waals surface area contributed by atoms with Crippen LogP contribution in [0, 0.1) is 0 Å². The van der Waals surface area contributed by atoms with Gasteiger partial charge in [0, 0.05) is 12.4 Å². The fourth-order valence-corrected chi connectivity index (χ4v) is 1.32. The second kappa shape index (κ2) is 8.19. The summed E-state index contributed by atoms with van der Waals surface area (Å²) in [5.41, 5.74) is 25.5. The van der Waals surface area contributed by atoms with Crippen molar-refractivity contribution in [2.24, 2.45) is 22.2 Å². The van der Waals surface area contributed by atoms with Gasteiger partial charge in [-0.15, -0.1) is 0 Å². The van der Waals surface area contributed by atoms with Gasteiger partial charge in [-0.3, -0.25) is 14.6 Å². The van der Waals surface area contributed by atoms with Crippen molar-refractivity contribution in [1.82, 2.24) is 19.9 Å². The van der Waals surface area contributed by atoms with Crippen LogP contribution in [0.1, 0.15) is 21.0 Å². The van der Waals surface area contributed by atoms with Crippen molar-refractivity contribution in [3.05, 3.63) is 35.1 Å². The first-order valence-corrected chi connectivity index (χ1v) is 6.38. The maximum atomic E-state index is 11.3. The molecule has 0 aromatic carbocycles. The minimum absolute atomic E-state index is 0.0737. The third-order valence-corrected chi connectivity index (χ3v) is 2.43. The predicted octanol–water partition coefficient (Wildman–Crippen LogP) is -1.72. The zero-order chi connectivity index (χ0) is 18.3. The SMILES string of the molecule is NC(=O)c1cnccn1.NC(N)=NC(=O)c1nc(Cl)c(N)nc1N. The molecule has 2 rings (SSSR count). The lowest BCUT2D eigenvalue weighted by molar-refractivity contribution is 0.0988. The van der Waals surface area contributed by atoms with E-state index in [1.807, 2.05) is 0 Å². The highest BCUT2D eigenvalue weighted by Gasteiger charge is 2.15. The van der Waals surface area contributed by atoms with Gasteiger partial charge in [-0.2, -0.15) is 4.99 Å². The van der Waals surface area contributed by atoms with E-state index >= 15 is 0 Å². The molecule has 10 N–H and O–H groups in total. The van der Waals surface area contributed by atoms with Gasteiger partial charge in [0.25, 0.3) is 5.91 Å². The van der Waals surface area contributed by atoms with Crippen molar-refractivity contribution < 1.29 is 9.59 Å². The maximum Gasteiger partial charge on any atom is 0.302 e. The van der Waals surface area contributed by atoms with Crippen LogP contribution in [0.25, 0.3) is 0 Å². The number of nitrogens with zero attached hydrogens (tertiary/aromatic N) is 5. The molecule has 12 nitrogen and oxygen atoms in total. The smallest absolute Gasteiger partial charge is 0.302 e. The maximum absolute atomic E-state index is 11.3. The molecule has 126 valence electrons. The summed E-state index contributed by atoms with van der Waals surface area (Å²) in [4.78, 5) is 39.3. The number of anilines is 2. The molecule has 0 bridgehead atoms. The number of nitrogen functional groups attached to an aromatic ring is 2. The topological polar surface area (TPSA) is 228 Å². The van der Waals surface area contributed by atoms with Crippen LogP contribution in [-0.2, 0) is 0 Å². The summed E-state index contributed by atoms with van der Waals surface area (Å²) in [7, 11) is 0. The average Bonchev–Trinajstić information content (AvgIpc) is 2.51. The standard InChI is InChI=1S/C6H8ClN7O.C5H5N3O/c7-2-4(9)13-3(8)1(12-2)5(15)14-6(10)11;6-5(9)4-3-7-1-2-8-4/h(H4,8,9,13)(H4,10,11,14,15);1-3H,(H2,6,9). The van der Waals surface area contributed by atoms with Crippen LogP contribution in [0.5, 0.6) is 0 Å². The van der Waals surface area contributed by atoms with Crippen LogP contribution in [0.4, 0.5) is 11.6 Å². The summed E-state index contributed by atoms with van der Waals surface area (Å²) >= 11 is 5.55. The molecule has 13 heteroatoms. The normalized spacial score (nSPS) is 9.38. The molecule has 0 aliphatic carbocycles. The molecule has 0 atom stereocenters. The van der Waals surface area contributed by atoms with E-state index in [2.05, 4.69) is 24.9 Å². The summed E-state index contributed by atoms with van der Waals surface area (Å²) < 4.78 is 0. The van der Waals surface area contributed by atoms with E-state index in [-0.39, 0.29) is 28.2 Å². The summed E-state index contributed by atoms with van der Waals surface area (Å²) in [5.74, 6) is -2.05. The Morgan fingerprint density at radius 1 is 1.04 bits per heavy atom. The third kappa shape index (κ3) is 5.34. The van der Waals surface area contributed by atoms with Gasteiger partial charge in [0.1, 0.15) is 5.69 Å². The predicted molar refractivity (Wildman–Crippen MR) is 86.6 cm³/mol. The monoisotopic (exact) mass is 352 g/mol. The van der Waals surface area contributed by atoms with Crippen molar-refractivity contribution in [2.45, 2.75) is 0 Å². The van der Waals surface area contributed by atoms with Gasteiger partial charge in [0.2, 0.25) is 0 Å². The van der Waals surface area contributed by atoms with Crippen molar-refractivity contribution >= 4 is 41.0 Å². The van der Waals surface area contributed by atoms with Crippen molar-refractivity contribution in [3.8, 4) is 0 Å². The van der Waals surface area contributed by atoms with E-state index in [1.54, 1.807) is 0 Å². The molecule has 0 saturated carbocycles. The van der Waals surface area contributed by atoms with Gasteiger partial charge in [-0.05, 0) is 0 Å². The van der Waals surface area contributed by atoms with Crippen LogP contribution in [-0.4, -0.2) is 37.7 Å². The molecule has 2 amide bonds. The van der Waals surface area contributed by atoms with Crippen LogP contribution in [0.2, 0.25) is 5.15 Å². The lowest BCUT2D eigenvalue weighted by Crippen LogP contribution is -2.24. The number of halogens is 1. The molecular formula is C11H13ClN10O2. The number of aromatic nitrogens is 4. The Morgan fingerprint density at radius 2 is 1.71 bits per heavy atom. The van der Waals surface area contributed by atoms with Gasteiger partial charge in [0.05, 0.1) is 6.20 Å². The summed E-state index contributed by atoms with van der Waals surface area (Å²) in [5, 5.41) is -0.140. The Balaban J connectivity index is 0.000000272. The van der Waals surface area contributed by atoms with E-state index in [1.165, 1.54) is 18.6 Å². The molecule has 0 fully saturated rings. The Kier molecular flexibility index (Phi) is 6.31. The van der Waals surface area contributed by atoms with Gasteiger partial charge < -0.3 is 28.7 Å². The number of aliphatic imine (C=N–C) groups is 1. The fourth-order valence-electron chi connectivity index (χ4n) is 1.20. The first kappa shape index (κ1) is 18.5. The van der Waals surface area contributed by atoms with Gasteiger partial charge >= 0.3 is 5.91 Å². The minimum Gasteiger partial charge on any atom is -0.382 e. The Labute approximate surface area is 140 Å². The van der Waals surface area contributed by atoms with Crippen LogP contribution < -0.4 is 28.7 Å². The molecular weight excluding hydrogens is 340 g/mol. The highest BCUT2D eigenvalue weighted by atomic mass is 35.5. The number of hydrogen-bond donors (Lipinski definition) is 5. The zero-order valence-electron chi connectivity index (χ0n) is 12.0. The van der Waals surface area contributed by atoms with E-state index in [4.69, 9.17) is 40.3 Å². The highest BCUT2D eigenvalue weighted by Crippen LogP contribution is 2.17. The van der Waals surface area contributed by atoms with E-state index in [9.17, 15) is 9.59 Å². The second-order valence-corrected chi connectivity index (χ2v) is 4.29. The lowest BCUT2D eigenvalue weighted by Gasteiger charge is -2.02. The van der Waals surface area contributed by atoms with Crippen molar-refractivity contribution in [3.63, 3.8) is 0 Å². The van der Waals surface area contributed by atoms with Crippen molar-refractivity contribution in [1.29, 1.82) is 0 Å². The summed E-state index contributed by atoms with van der Waals surface area (Å²) in [6.07, 6.45) is 4.22. The molecule has 2 aromatic heterocycles. The molecule has 0 unspecified atom stereocenters. The Hall–Kier alpha value is -3.54. The fraction of sp³-hybridized carbons (Fsp3) is 0. The summed E-state index contributed by atoms with van der Waals surface area (Å²) in [6.45, 7) is 0. The number of primary amides is 1. The van der Waals surface area contributed by atoms with Gasteiger partial charge in [0.15, 0.2) is 28.4 Å². The van der Waals surface area contributed by atoms with E-state index in [0.29, 0.717) is 0 Å². The number of amides is 2. The molecule has 0 spiro atoms. The largest absolute Gasteiger partial charge is 0.382 e. The molecule has 24 heavy (non-hydrogen) atoms. The molecule has 0 radical (unpaired) electrons. The Morgan fingerprint density at radius 3 is 2.17 bits per heavy atom. The number of hydrogen-bond acceptors (Lipinski definition) is 8. The number of carbonyl (C=O) groups is 2. The third-order valence-electron chi connectivity index (χ3n) is 2.15. The van der Waals surface area contributed by atoms with Crippen LogP contribution in [0.3, 0.4) is 0 Å². The number of nitrogens with two attached hydrogens (primary N) is 5. The van der Waals surface area contributed by atoms with E-state index in [0.717, 1.165) is 0 Å². The quantitative estimate of drug-likeness (QED) is 0.303. The van der Waals surface area contributed by atoms with Gasteiger partial charge in [-0.1, -0.05) is 11.6 Å². The van der Waals surface area contributed by atoms with E-state index < -0.39 is 17.8 Å². The number of rotatable bonds is 2. The van der Waals surface area contributed by atoms with Crippen LogP contribution in [0.15, 0.2) is 23.6 Å². The molecule has 2 heterocycles. The molecule has 0 aliphatic rings. The summed E-state index contributed by atoms with van der Waals surface area (Å²) in [6, 6.07) is 0. The lowest BCUT2D eigenvalue weighted by atomic mass is 10.4. The Bertz CT molecular complexity index is 776. The van der Waals surface area contributed by atoms with Crippen LogP contribution >= 0.6 is 11.6 Å².